The normalized spacial score (nSPS) is 14.6. The van der Waals surface area contributed by atoms with E-state index in [1.165, 1.54) is 11.3 Å². The number of rotatable bonds is 4. The molecule has 0 bridgehead atoms. The molecule has 2 aromatic heterocycles. The van der Waals surface area contributed by atoms with E-state index in [0.717, 1.165) is 16.0 Å². The Bertz CT molecular complexity index is 850. The van der Waals surface area contributed by atoms with Gasteiger partial charge >= 0.3 is 0 Å². The highest BCUT2D eigenvalue weighted by atomic mass is 32.1. The molecule has 0 atom stereocenters. The van der Waals surface area contributed by atoms with Gasteiger partial charge in [0.1, 0.15) is 0 Å². The van der Waals surface area contributed by atoms with Crippen molar-refractivity contribution in [2.24, 2.45) is 0 Å². The molecule has 1 amide bonds. The molecular formula is C18H17N3O2S. The number of carbonyl (C=O) groups excluding carboxylic acids is 1. The number of benzene rings is 1. The molecule has 1 aliphatic rings. The zero-order valence-corrected chi connectivity index (χ0v) is 14.1. The van der Waals surface area contributed by atoms with E-state index in [9.17, 15) is 4.79 Å². The molecule has 0 unspecified atom stereocenters. The zero-order chi connectivity index (χ0) is 16.5. The highest BCUT2D eigenvalue weighted by Gasteiger charge is 2.36. The second kappa shape index (κ2) is 6.20. The van der Waals surface area contributed by atoms with Crippen LogP contribution in [0.5, 0.6) is 0 Å². The Kier molecular flexibility index (Phi) is 3.90. The van der Waals surface area contributed by atoms with Gasteiger partial charge in [0.25, 0.3) is 5.91 Å². The monoisotopic (exact) mass is 339 g/mol. The number of thiophene rings is 1. The van der Waals surface area contributed by atoms with Gasteiger partial charge in [0.2, 0.25) is 5.89 Å². The minimum atomic E-state index is 0.0911. The lowest BCUT2D eigenvalue weighted by Crippen LogP contribution is -2.48. The van der Waals surface area contributed by atoms with E-state index >= 15 is 0 Å². The van der Waals surface area contributed by atoms with Gasteiger partial charge in [-0.2, -0.15) is 4.98 Å². The van der Waals surface area contributed by atoms with E-state index in [0.29, 0.717) is 31.2 Å². The Hall–Kier alpha value is -2.47. The van der Waals surface area contributed by atoms with Gasteiger partial charge in [0.15, 0.2) is 5.82 Å². The van der Waals surface area contributed by atoms with E-state index in [1.807, 2.05) is 53.6 Å². The lowest BCUT2D eigenvalue weighted by atomic mass is 10.00. The molecular weight excluding hydrogens is 322 g/mol. The van der Waals surface area contributed by atoms with Crippen molar-refractivity contribution in [1.82, 2.24) is 15.0 Å². The molecule has 122 valence electrons. The summed E-state index contributed by atoms with van der Waals surface area (Å²) < 4.78 is 5.38. The van der Waals surface area contributed by atoms with E-state index < -0.39 is 0 Å². The van der Waals surface area contributed by atoms with Gasteiger partial charge in [-0.15, -0.1) is 11.3 Å². The first-order valence-electron chi connectivity index (χ1n) is 7.90. The number of aryl methyl sites for hydroxylation is 1. The maximum atomic E-state index is 12.3. The molecule has 0 aliphatic carbocycles. The summed E-state index contributed by atoms with van der Waals surface area (Å²) in [6.07, 6.45) is 0.661. The molecule has 1 aromatic carbocycles. The van der Waals surface area contributed by atoms with E-state index in [-0.39, 0.29) is 11.8 Å². The topological polar surface area (TPSA) is 59.2 Å². The molecule has 0 spiro atoms. The maximum Gasteiger partial charge on any atom is 0.263 e. The van der Waals surface area contributed by atoms with E-state index in [1.54, 1.807) is 0 Å². The molecule has 0 saturated carbocycles. The van der Waals surface area contributed by atoms with Gasteiger partial charge < -0.3 is 9.42 Å². The predicted molar refractivity (Wildman–Crippen MR) is 91.2 cm³/mol. The average molecular weight is 339 g/mol. The first-order valence-corrected chi connectivity index (χ1v) is 8.78. The van der Waals surface area contributed by atoms with Gasteiger partial charge in [-0.05, 0) is 29.5 Å². The van der Waals surface area contributed by atoms with Gasteiger partial charge in [-0.25, -0.2) is 0 Å². The summed E-state index contributed by atoms with van der Waals surface area (Å²) >= 11 is 1.50. The molecule has 1 fully saturated rings. The zero-order valence-electron chi connectivity index (χ0n) is 13.3. The third kappa shape index (κ3) is 2.97. The van der Waals surface area contributed by atoms with Crippen LogP contribution in [0.15, 0.2) is 46.3 Å². The van der Waals surface area contributed by atoms with Gasteiger partial charge in [0.05, 0.1) is 10.8 Å². The highest BCUT2D eigenvalue weighted by Crippen LogP contribution is 2.28. The van der Waals surface area contributed by atoms with E-state index in [4.69, 9.17) is 4.52 Å². The van der Waals surface area contributed by atoms with Gasteiger partial charge in [0, 0.05) is 19.5 Å². The van der Waals surface area contributed by atoms with Crippen LogP contribution in [-0.2, 0) is 6.42 Å². The summed E-state index contributed by atoms with van der Waals surface area (Å²) in [4.78, 5) is 19.4. The minimum Gasteiger partial charge on any atom is -0.339 e. The molecule has 1 aliphatic heterocycles. The van der Waals surface area contributed by atoms with Crippen LogP contribution >= 0.6 is 11.3 Å². The molecule has 5 nitrogen and oxygen atoms in total. The standard InChI is InChI=1S/C18H17N3O2S/c1-12-7-15(24-11-12)18(22)21-9-14(10-21)17-19-16(20-23-17)8-13-5-3-2-4-6-13/h2-7,11,14H,8-10H2,1H3. The van der Waals surface area contributed by atoms with Crippen LogP contribution in [0.2, 0.25) is 0 Å². The fourth-order valence-corrected chi connectivity index (χ4v) is 3.65. The first kappa shape index (κ1) is 15.1. The van der Waals surface area contributed by atoms with Crippen LogP contribution in [0.4, 0.5) is 0 Å². The predicted octanol–water partition coefficient (Wildman–Crippen LogP) is 3.27. The van der Waals surface area contributed by atoms with Crippen LogP contribution in [0.3, 0.4) is 0 Å². The second-order valence-corrected chi connectivity index (χ2v) is 7.02. The smallest absolute Gasteiger partial charge is 0.263 e. The summed E-state index contributed by atoms with van der Waals surface area (Å²) in [6, 6.07) is 12.0. The van der Waals surface area contributed by atoms with Crippen LogP contribution in [-0.4, -0.2) is 34.0 Å². The second-order valence-electron chi connectivity index (χ2n) is 6.11. The Labute approximate surface area is 143 Å². The summed E-state index contributed by atoms with van der Waals surface area (Å²) in [5, 5.41) is 6.06. The molecule has 0 N–H and O–H groups in total. The summed E-state index contributed by atoms with van der Waals surface area (Å²) in [5.74, 6) is 1.56. The Morgan fingerprint density at radius 3 is 2.83 bits per heavy atom. The van der Waals surface area contributed by atoms with Crippen molar-refractivity contribution in [3.8, 4) is 0 Å². The number of hydrogen-bond donors (Lipinski definition) is 0. The van der Waals surface area contributed by atoms with Crippen molar-refractivity contribution < 1.29 is 9.32 Å². The third-order valence-electron chi connectivity index (χ3n) is 4.15. The van der Waals surface area contributed by atoms with Crippen molar-refractivity contribution >= 4 is 17.2 Å². The average Bonchev–Trinajstić information content (AvgIpc) is 3.16. The minimum absolute atomic E-state index is 0.0911. The van der Waals surface area contributed by atoms with Crippen LogP contribution < -0.4 is 0 Å². The first-order chi connectivity index (χ1) is 11.7. The van der Waals surface area contributed by atoms with Crippen molar-refractivity contribution in [2.45, 2.75) is 19.3 Å². The molecule has 6 heteroatoms. The Morgan fingerprint density at radius 1 is 1.33 bits per heavy atom. The number of likely N-dealkylation sites (tertiary alicyclic amines) is 1. The van der Waals surface area contributed by atoms with Gasteiger partial charge in [-0.1, -0.05) is 35.5 Å². The summed E-state index contributed by atoms with van der Waals surface area (Å²) in [6.45, 7) is 3.28. The van der Waals surface area contributed by atoms with Crippen molar-refractivity contribution in [1.29, 1.82) is 0 Å². The van der Waals surface area contributed by atoms with Crippen molar-refractivity contribution in [3.05, 3.63) is 69.5 Å². The summed E-state index contributed by atoms with van der Waals surface area (Å²) in [7, 11) is 0. The summed E-state index contributed by atoms with van der Waals surface area (Å²) in [5.41, 5.74) is 2.28. The van der Waals surface area contributed by atoms with Gasteiger partial charge in [-0.3, -0.25) is 4.79 Å². The largest absolute Gasteiger partial charge is 0.339 e. The quantitative estimate of drug-likeness (QED) is 0.732. The van der Waals surface area contributed by atoms with Crippen LogP contribution in [0, 0.1) is 6.92 Å². The lowest BCUT2D eigenvalue weighted by Gasteiger charge is -2.36. The fourth-order valence-electron chi connectivity index (χ4n) is 2.78. The number of carbonyl (C=O) groups is 1. The van der Waals surface area contributed by atoms with Crippen LogP contribution in [0.25, 0.3) is 0 Å². The number of hydrogen-bond acceptors (Lipinski definition) is 5. The maximum absolute atomic E-state index is 12.3. The molecule has 1 saturated heterocycles. The number of aromatic nitrogens is 2. The number of amides is 1. The van der Waals surface area contributed by atoms with Crippen LogP contribution in [0.1, 0.15) is 38.4 Å². The Morgan fingerprint density at radius 2 is 2.12 bits per heavy atom. The van der Waals surface area contributed by atoms with E-state index in [2.05, 4.69) is 10.1 Å². The molecule has 24 heavy (non-hydrogen) atoms. The molecule has 3 aromatic rings. The molecule has 3 heterocycles. The van der Waals surface area contributed by atoms with Crippen molar-refractivity contribution in [2.75, 3.05) is 13.1 Å². The lowest BCUT2D eigenvalue weighted by molar-refractivity contribution is 0.0574. The molecule has 0 radical (unpaired) electrons. The third-order valence-corrected chi connectivity index (χ3v) is 5.18. The van der Waals surface area contributed by atoms with Crippen molar-refractivity contribution in [3.63, 3.8) is 0 Å². The SMILES string of the molecule is Cc1csc(C(=O)N2CC(c3nc(Cc4ccccc4)no3)C2)c1. The Balaban J connectivity index is 1.36. The highest BCUT2D eigenvalue weighted by molar-refractivity contribution is 7.12. The number of nitrogens with zero attached hydrogens (tertiary/aromatic N) is 3. The molecule has 4 rings (SSSR count). The fraction of sp³-hybridized carbons (Fsp3) is 0.278.